The zero-order chi connectivity index (χ0) is 24.8. The third-order valence-electron chi connectivity index (χ3n) is 7.24. The number of benzene rings is 3. The van der Waals surface area contributed by atoms with Crippen molar-refractivity contribution in [2.45, 2.75) is 44.4 Å². The maximum atomic E-state index is 16.3. The Morgan fingerprint density at radius 3 is 2.64 bits per heavy atom. The van der Waals surface area contributed by atoms with Crippen LogP contribution in [0, 0.1) is 5.82 Å². The van der Waals surface area contributed by atoms with Gasteiger partial charge in [0.15, 0.2) is 5.82 Å². The second-order valence-corrected chi connectivity index (χ2v) is 10.6. The van der Waals surface area contributed by atoms with E-state index in [0.29, 0.717) is 34.4 Å². The van der Waals surface area contributed by atoms with Crippen molar-refractivity contribution < 1.29 is 14.2 Å². The molecule has 2 bridgehead atoms. The molecule has 0 aliphatic carbocycles. The van der Waals surface area contributed by atoms with Crippen LogP contribution >= 0.6 is 15.9 Å². The van der Waals surface area contributed by atoms with Crippen molar-refractivity contribution in [2.24, 2.45) is 0 Å². The number of hydrogen-bond acceptors (Lipinski definition) is 6. The summed E-state index contributed by atoms with van der Waals surface area (Å²) in [7, 11) is 0. The molecule has 2 fully saturated rings. The third kappa shape index (κ3) is 4.26. The van der Waals surface area contributed by atoms with Crippen molar-refractivity contribution in [3.05, 3.63) is 54.3 Å². The first-order valence-electron chi connectivity index (χ1n) is 12.5. The number of halogens is 2. The molecule has 8 heteroatoms. The van der Waals surface area contributed by atoms with Crippen LogP contribution in [-0.4, -0.2) is 51.7 Å². The van der Waals surface area contributed by atoms with Crippen LogP contribution in [0.25, 0.3) is 32.8 Å². The van der Waals surface area contributed by atoms with E-state index in [9.17, 15) is 5.11 Å². The van der Waals surface area contributed by atoms with Gasteiger partial charge in [-0.05, 0) is 60.7 Å². The van der Waals surface area contributed by atoms with Crippen LogP contribution in [0.3, 0.4) is 0 Å². The maximum absolute atomic E-state index is 16.3. The lowest BCUT2D eigenvalue weighted by Gasteiger charge is -2.34. The zero-order valence-corrected chi connectivity index (χ0v) is 21.6. The Bertz CT molecular complexity index is 1440. The van der Waals surface area contributed by atoms with Gasteiger partial charge in [0.1, 0.15) is 23.2 Å². The lowest BCUT2D eigenvalue weighted by Crippen LogP contribution is -2.51. The van der Waals surface area contributed by atoms with E-state index >= 15 is 4.39 Å². The first-order chi connectivity index (χ1) is 17.5. The Morgan fingerprint density at radius 2 is 1.86 bits per heavy atom. The van der Waals surface area contributed by atoms with Gasteiger partial charge in [-0.25, -0.2) is 4.39 Å². The normalized spacial score (nSPS) is 20.2. The SMILES string of the molecule is CC(CCBr)Oc1nc(N2CC3CCC(C2)N3)c2ccc(-c3cc(O)cc4ccccc34)c(F)c2n1. The summed E-state index contributed by atoms with van der Waals surface area (Å²) >= 11 is 3.46. The molecule has 2 aliphatic heterocycles. The highest BCUT2D eigenvalue weighted by Gasteiger charge is 2.34. The molecule has 3 unspecified atom stereocenters. The standard InChI is InChI=1S/C28H28BrFN4O2/c1-16(10-11-29)36-28-32-26-23(27(33-28)34-14-18-6-7-19(15-34)31-18)9-8-22(25(26)30)24-13-20(35)12-17-4-2-3-5-21(17)24/h2-5,8-9,12-13,16,18-19,31,35H,6-7,10-11,14-15H2,1H3. The molecule has 2 saturated heterocycles. The predicted molar refractivity (Wildman–Crippen MR) is 145 cm³/mol. The molecule has 186 valence electrons. The lowest BCUT2D eigenvalue weighted by atomic mass is 9.96. The highest BCUT2D eigenvalue weighted by molar-refractivity contribution is 9.09. The smallest absolute Gasteiger partial charge is 0.319 e. The molecule has 2 N–H and O–H groups in total. The molecule has 2 aliphatic rings. The second kappa shape index (κ2) is 9.48. The first kappa shape index (κ1) is 23.4. The van der Waals surface area contributed by atoms with Gasteiger partial charge in [-0.1, -0.05) is 46.3 Å². The highest BCUT2D eigenvalue weighted by atomic mass is 79.9. The number of phenols is 1. The van der Waals surface area contributed by atoms with E-state index in [4.69, 9.17) is 9.72 Å². The van der Waals surface area contributed by atoms with E-state index in [1.165, 1.54) is 0 Å². The molecule has 1 aromatic heterocycles. The number of nitrogens with one attached hydrogen (secondary N) is 1. The van der Waals surface area contributed by atoms with Crippen LogP contribution < -0.4 is 15.0 Å². The summed E-state index contributed by atoms with van der Waals surface area (Å²) in [5.41, 5.74) is 1.25. The third-order valence-corrected chi connectivity index (χ3v) is 7.70. The number of alkyl halides is 1. The number of aromatic hydroxyl groups is 1. The minimum atomic E-state index is -0.442. The van der Waals surface area contributed by atoms with Gasteiger partial charge < -0.3 is 20.1 Å². The van der Waals surface area contributed by atoms with E-state index in [2.05, 4.69) is 31.1 Å². The molecule has 6 nitrogen and oxygen atoms in total. The molecule has 36 heavy (non-hydrogen) atoms. The number of hydrogen-bond donors (Lipinski definition) is 2. The number of aromatic nitrogens is 2. The average molecular weight is 551 g/mol. The molecular formula is C28H28BrFN4O2. The summed E-state index contributed by atoms with van der Waals surface area (Å²) in [6.07, 6.45) is 2.94. The Labute approximate surface area is 217 Å². The number of ether oxygens (including phenoxy) is 1. The second-order valence-electron chi connectivity index (χ2n) is 9.82. The van der Waals surface area contributed by atoms with E-state index in [-0.39, 0.29) is 23.4 Å². The Balaban J connectivity index is 1.53. The Hall–Kier alpha value is -2.97. The molecule has 0 amide bonds. The quantitative estimate of drug-likeness (QED) is 0.296. The van der Waals surface area contributed by atoms with Crippen molar-refractivity contribution in [3.63, 3.8) is 0 Å². The van der Waals surface area contributed by atoms with Gasteiger partial charge in [0, 0.05) is 41.5 Å². The van der Waals surface area contributed by atoms with Gasteiger partial charge in [-0.3, -0.25) is 0 Å². The van der Waals surface area contributed by atoms with E-state index < -0.39 is 5.82 Å². The van der Waals surface area contributed by atoms with Crippen molar-refractivity contribution in [3.8, 4) is 22.9 Å². The molecule has 3 atom stereocenters. The minimum absolute atomic E-state index is 0.0930. The number of phenolic OH excluding ortho intramolecular Hbond substituents is 1. The van der Waals surface area contributed by atoms with Gasteiger partial charge in [-0.15, -0.1) is 0 Å². The number of fused-ring (bicyclic) bond motifs is 4. The van der Waals surface area contributed by atoms with Crippen molar-refractivity contribution in [1.29, 1.82) is 0 Å². The van der Waals surface area contributed by atoms with Crippen molar-refractivity contribution in [1.82, 2.24) is 15.3 Å². The molecule has 0 radical (unpaired) electrons. The van der Waals surface area contributed by atoms with Gasteiger partial charge in [-0.2, -0.15) is 9.97 Å². The molecule has 0 spiro atoms. The number of nitrogens with zero attached hydrogens (tertiary/aromatic N) is 3. The van der Waals surface area contributed by atoms with Crippen molar-refractivity contribution >= 4 is 43.4 Å². The predicted octanol–water partition coefficient (Wildman–Crippen LogP) is 5.79. The summed E-state index contributed by atoms with van der Waals surface area (Å²) in [5, 5.41) is 17.2. The molecular weight excluding hydrogens is 523 g/mol. The Morgan fingerprint density at radius 1 is 1.08 bits per heavy atom. The molecule has 3 heterocycles. The summed E-state index contributed by atoms with van der Waals surface area (Å²) in [6.45, 7) is 3.60. The first-order valence-corrected chi connectivity index (χ1v) is 13.6. The molecule has 0 saturated carbocycles. The molecule has 4 aromatic rings. The summed E-state index contributed by atoms with van der Waals surface area (Å²) in [5.74, 6) is 0.365. The fraction of sp³-hybridized carbons (Fsp3) is 0.357. The fourth-order valence-corrected chi connectivity index (χ4v) is 6.15. The topological polar surface area (TPSA) is 70.5 Å². The summed E-state index contributed by atoms with van der Waals surface area (Å²) in [4.78, 5) is 11.6. The van der Waals surface area contributed by atoms with Crippen LogP contribution in [0.15, 0.2) is 48.5 Å². The highest BCUT2D eigenvalue weighted by Crippen LogP contribution is 2.39. The van der Waals surface area contributed by atoms with E-state index in [0.717, 1.165) is 48.5 Å². The Kier molecular flexibility index (Phi) is 6.17. The van der Waals surface area contributed by atoms with Gasteiger partial charge in [0.2, 0.25) is 0 Å². The maximum Gasteiger partial charge on any atom is 0.319 e. The number of anilines is 1. The lowest BCUT2D eigenvalue weighted by molar-refractivity contribution is 0.201. The molecule has 6 rings (SSSR count). The van der Waals surface area contributed by atoms with Crippen molar-refractivity contribution in [2.75, 3.05) is 23.3 Å². The monoisotopic (exact) mass is 550 g/mol. The van der Waals surface area contributed by atoms with Crippen LogP contribution in [0.5, 0.6) is 11.8 Å². The molecule has 3 aromatic carbocycles. The largest absolute Gasteiger partial charge is 0.508 e. The fourth-order valence-electron chi connectivity index (χ4n) is 5.51. The van der Waals surface area contributed by atoms with Crippen LogP contribution in [0.1, 0.15) is 26.2 Å². The summed E-state index contributed by atoms with van der Waals surface area (Å²) in [6, 6.07) is 15.6. The minimum Gasteiger partial charge on any atom is -0.508 e. The van der Waals surface area contributed by atoms with Crippen LogP contribution in [-0.2, 0) is 0 Å². The van der Waals surface area contributed by atoms with E-state index in [1.54, 1.807) is 18.2 Å². The number of rotatable bonds is 6. The zero-order valence-electron chi connectivity index (χ0n) is 20.0. The van der Waals surface area contributed by atoms with Crippen LogP contribution in [0.4, 0.5) is 10.2 Å². The number of piperazine rings is 1. The van der Waals surface area contributed by atoms with Gasteiger partial charge >= 0.3 is 6.01 Å². The average Bonchev–Trinajstić information content (AvgIpc) is 3.21. The van der Waals surface area contributed by atoms with Gasteiger partial charge in [0.05, 0.1) is 0 Å². The van der Waals surface area contributed by atoms with Gasteiger partial charge in [0.25, 0.3) is 0 Å². The van der Waals surface area contributed by atoms with Crippen LogP contribution in [0.2, 0.25) is 0 Å². The summed E-state index contributed by atoms with van der Waals surface area (Å²) < 4.78 is 22.4. The van der Waals surface area contributed by atoms with E-state index in [1.807, 2.05) is 37.3 Å².